The molecule has 0 saturated carbocycles. The predicted octanol–water partition coefficient (Wildman–Crippen LogP) is 4.38. The molecule has 106 valence electrons. The molecule has 20 heavy (non-hydrogen) atoms. The molecule has 2 aromatic carbocycles. The van der Waals surface area contributed by atoms with Crippen LogP contribution in [0.25, 0.3) is 0 Å². The summed E-state index contributed by atoms with van der Waals surface area (Å²) in [6.45, 7) is 4.64. The summed E-state index contributed by atoms with van der Waals surface area (Å²) in [5, 5.41) is 3.25. The number of hydrogen-bond acceptors (Lipinski definition) is 1. The van der Waals surface area contributed by atoms with Crippen LogP contribution in [0.5, 0.6) is 0 Å². The molecule has 2 rings (SSSR count). The molecule has 0 saturated heterocycles. The number of rotatable bonds is 5. The van der Waals surface area contributed by atoms with Crippen LogP contribution in [0.1, 0.15) is 36.6 Å². The number of nitrogens with one attached hydrogen (secondary N) is 1. The number of hydrogen-bond donors (Lipinski definition) is 1. The highest BCUT2D eigenvalue weighted by molar-refractivity contribution is 5.24. The summed E-state index contributed by atoms with van der Waals surface area (Å²) >= 11 is 0. The monoisotopic (exact) mass is 275 g/mol. The van der Waals surface area contributed by atoms with Gasteiger partial charge < -0.3 is 5.32 Å². The van der Waals surface area contributed by atoms with Gasteiger partial charge in [0, 0.05) is 24.2 Å². The van der Waals surface area contributed by atoms with Crippen molar-refractivity contribution in [2.24, 2.45) is 0 Å². The molecule has 0 fully saturated rings. The molecule has 3 heteroatoms. The second-order valence-corrected chi connectivity index (χ2v) is 4.94. The lowest BCUT2D eigenvalue weighted by Crippen LogP contribution is -2.19. The van der Waals surface area contributed by atoms with E-state index in [0.29, 0.717) is 12.1 Å². The number of halogens is 2. The maximum absolute atomic E-state index is 13.6. The average molecular weight is 275 g/mol. The molecule has 2 aromatic rings. The third-order valence-electron chi connectivity index (χ3n) is 3.47. The molecule has 0 spiro atoms. The molecule has 0 aliphatic rings. The Hall–Kier alpha value is -1.74. The van der Waals surface area contributed by atoms with Crippen molar-refractivity contribution in [2.75, 3.05) is 0 Å². The Morgan fingerprint density at radius 3 is 2.25 bits per heavy atom. The number of aryl methyl sites for hydroxylation is 1. The average Bonchev–Trinajstić information content (AvgIpc) is 2.45. The predicted molar refractivity (Wildman–Crippen MR) is 77.4 cm³/mol. The third kappa shape index (κ3) is 3.64. The lowest BCUT2D eigenvalue weighted by molar-refractivity contribution is 0.518. The highest BCUT2D eigenvalue weighted by Gasteiger charge is 2.11. The van der Waals surface area contributed by atoms with Crippen molar-refractivity contribution in [1.29, 1.82) is 0 Å². The van der Waals surface area contributed by atoms with E-state index in [2.05, 4.69) is 36.5 Å². The van der Waals surface area contributed by atoms with Gasteiger partial charge in [0.1, 0.15) is 11.6 Å². The maximum atomic E-state index is 13.6. The quantitative estimate of drug-likeness (QED) is 0.854. The SMILES string of the molecule is CCc1ccc(CNC(C)c2ccc(F)cc2F)cc1. The van der Waals surface area contributed by atoms with Gasteiger partial charge in [-0.25, -0.2) is 8.78 Å². The Bertz CT molecular complexity index is 564. The molecule has 0 aliphatic carbocycles. The van der Waals surface area contributed by atoms with Gasteiger partial charge in [0.15, 0.2) is 0 Å². The van der Waals surface area contributed by atoms with Gasteiger partial charge in [-0.15, -0.1) is 0 Å². The second-order valence-electron chi connectivity index (χ2n) is 4.94. The van der Waals surface area contributed by atoms with Crippen LogP contribution >= 0.6 is 0 Å². The van der Waals surface area contributed by atoms with E-state index in [-0.39, 0.29) is 6.04 Å². The van der Waals surface area contributed by atoms with Crippen LogP contribution in [-0.4, -0.2) is 0 Å². The fourth-order valence-corrected chi connectivity index (χ4v) is 2.13. The summed E-state index contributed by atoms with van der Waals surface area (Å²) in [6, 6.07) is 11.9. The molecule has 1 N–H and O–H groups in total. The van der Waals surface area contributed by atoms with Crippen LogP contribution in [0.3, 0.4) is 0 Å². The van der Waals surface area contributed by atoms with E-state index in [4.69, 9.17) is 0 Å². The molecule has 0 heterocycles. The van der Waals surface area contributed by atoms with E-state index in [1.54, 1.807) is 0 Å². The highest BCUT2D eigenvalue weighted by Crippen LogP contribution is 2.18. The van der Waals surface area contributed by atoms with Crippen LogP contribution in [0.4, 0.5) is 8.78 Å². The minimum absolute atomic E-state index is 0.165. The Kier molecular flexibility index (Phi) is 4.85. The fourth-order valence-electron chi connectivity index (χ4n) is 2.13. The molecule has 0 amide bonds. The summed E-state index contributed by atoms with van der Waals surface area (Å²) in [5.41, 5.74) is 2.93. The van der Waals surface area contributed by atoms with Gasteiger partial charge in [-0.05, 0) is 30.5 Å². The Labute approximate surface area is 118 Å². The first-order valence-electron chi connectivity index (χ1n) is 6.86. The zero-order chi connectivity index (χ0) is 14.5. The lowest BCUT2D eigenvalue weighted by Gasteiger charge is -2.15. The summed E-state index contributed by atoms with van der Waals surface area (Å²) in [4.78, 5) is 0. The van der Waals surface area contributed by atoms with E-state index in [1.807, 2.05) is 6.92 Å². The van der Waals surface area contributed by atoms with Crippen LogP contribution in [0.15, 0.2) is 42.5 Å². The Balaban J connectivity index is 1.98. The molecule has 0 bridgehead atoms. The van der Waals surface area contributed by atoms with Gasteiger partial charge in [-0.3, -0.25) is 0 Å². The van der Waals surface area contributed by atoms with Crippen LogP contribution in [0.2, 0.25) is 0 Å². The Morgan fingerprint density at radius 2 is 1.65 bits per heavy atom. The summed E-state index contributed by atoms with van der Waals surface area (Å²) in [5.74, 6) is -1.06. The summed E-state index contributed by atoms with van der Waals surface area (Å²) < 4.78 is 26.5. The third-order valence-corrected chi connectivity index (χ3v) is 3.47. The van der Waals surface area contributed by atoms with Gasteiger partial charge in [0.05, 0.1) is 0 Å². The zero-order valence-corrected chi connectivity index (χ0v) is 11.8. The first-order chi connectivity index (χ1) is 9.60. The van der Waals surface area contributed by atoms with Crippen LogP contribution in [-0.2, 0) is 13.0 Å². The minimum Gasteiger partial charge on any atom is -0.306 e. The van der Waals surface area contributed by atoms with Gasteiger partial charge >= 0.3 is 0 Å². The lowest BCUT2D eigenvalue weighted by atomic mass is 10.1. The topological polar surface area (TPSA) is 12.0 Å². The fraction of sp³-hybridized carbons (Fsp3) is 0.294. The smallest absolute Gasteiger partial charge is 0.130 e. The summed E-state index contributed by atoms with van der Waals surface area (Å²) in [6.07, 6.45) is 1.02. The molecular formula is C17H19F2N. The largest absolute Gasteiger partial charge is 0.306 e. The maximum Gasteiger partial charge on any atom is 0.130 e. The minimum atomic E-state index is -0.548. The first kappa shape index (κ1) is 14.7. The van der Waals surface area contributed by atoms with E-state index in [9.17, 15) is 8.78 Å². The molecule has 0 aliphatic heterocycles. The van der Waals surface area contributed by atoms with Gasteiger partial charge in [0.25, 0.3) is 0 Å². The van der Waals surface area contributed by atoms with Crippen molar-refractivity contribution >= 4 is 0 Å². The molecule has 1 atom stereocenters. The van der Waals surface area contributed by atoms with Crippen molar-refractivity contribution in [1.82, 2.24) is 5.32 Å². The van der Waals surface area contributed by atoms with Crippen LogP contribution in [0, 0.1) is 11.6 Å². The van der Waals surface area contributed by atoms with E-state index in [0.717, 1.165) is 18.1 Å². The highest BCUT2D eigenvalue weighted by atomic mass is 19.1. The molecule has 1 unspecified atom stereocenters. The zero-order valence-electron chi connectivity index (χ0n) is 11.8. The van der Waals surface area contributed by atoms with Crippen LogP contribution < -0.4 is 5.32 Å². The van der Waals surface area contributed by atoms with Crippen molar-refractivity contribution in [3.63, 3.8) is 0 Å². The van der Waals surface area contributed by atoms with Gasteiger partial charge in [-0.2, -0.15) is 0 Å². The van der Waals surface area contributed by atoms with Crippen molar-refractivity contribution in [3.05, 3.63) is 70.8 Å². The van der Waals surface area contributed by atoms with Crippen molar-refractivity contribution in [2.45, 2.75) is 32.9 Å². The van der Waals surface area contributed by atoms with Gasteiger partial charge in [-0.1, -0.05) is 37.3 Å². The van der Waals surface area contributed by atoms with E-state index < -0.39 is 11.6 Å². The van der Waals surface area contributed by atoms with E-state index >= 15 is 0 Å². The van der Waals surface area contributed by atoms with E-state index in [1.165, 1.54) is 17.7 Å². The molecular weight excluding hydrogens is 256 g/mol. The standard InChI is InChI=1S/C17H19F2N/c1-3-13-4-6-14(7-5-13)11-20-12(2)16-9-8-15(18)10-17(16)19/h4-10,12,20H,3,11H2,1-2H3. The summed E-state index contributed by atoms with van der Waals surface area (Å²) in [7, 11) is 0. The van der Waals surface area contributed by atoms with Crippen molar-refractivity contribution in [3.8, 4) is 0 Å². The second kappa shape index (κ2) is 6.62. The normalized spacial score (nSPS) is 12.4. The number of benzene rings is 2. The molecule has 0 aromatic heterocycles. The molecule has 1 nitrogen and oxygen atoms in total. The first-order valence-corrected chi connectivity index (χ1v) is 6.86. The van der Waals surface area contributed by atoms with Gasteiger partial charge in [0.2, 0.25) is 0 Å². The van der Waals surface area contributed by atoms with Crippen molar-refractivity contribution < 1.29 is 8.78 Å². The Morgan fingerprint density at radius 1 is 1.00 bits per heavy atom. The molecule has 0 radical (unpaired) electrons.